The molecule has 3 amide bonds. The molecule has 5 heteroatoms. The highest BCUT2D eigenvalue weighted by atomic mass is 16.5. The smallest absolute Gasteiger partial charge is 0.324 e. The summed E-state index contributed by atoms with van der Waals surface area (Å²) in [4.78, 5) is 25.0. The Kier molecular flexibility index (Phi) is 4.61. The van der Waals surface area contributed by atoms with Crippen molar-refractivity contribution in [1.29, 1.82) is 0 Å². The second-order valence-electron chi connectivity index (χ2n) is 4.89. The molecule has 0 aromatic heterocycles. The zero-order chi connectivity index (χ0) is 14.5. The van der Waals surface area contributed by atoms with Crippen molar-refractivity contribution in [3.05, 3.63) is 29.8 Å². The van der Waals surface area contributed by atoms with Gasteiger partial charge in [-0.1, -0.05) is 31.5 Å². The Labute approximate surface area is 118 Å². The third-order valence-electron chi connectivity index (χ3n) is 3.35. The van der Waals surface area contributed by atoms with Crippen LogP contribution >= 0.6 is 0 Å². The van der Waals surface area contributed by atoms with Crippen LogP contribution in [-0.2, 0) is 4.79 Å². The van der Waals surface area contributed by atoms with Gasteiger partial charge < -0.3 is 10.1 Å². The molecule has 2 rings (SSSR count). The highest BCUT2D eigenvalue weighted by Gasteiger charge is 2.36. The molecule has 1 N–H and O–H groups in total. The number of benzene rings is 1. The van der Waals surface area contributed by atoms with Crippen molar-refractivity contribution < 1.29 is 14.3 Å². The lowest BCUT2D eigenvalue weighted by atomic mass is 10.2. The van der Waals surface area contributed by atoms with Crippen molar-refractivity contribution in [1.82, 2.24) is 10.2 Å². The Hall–Kier alpha value is -2.04. The van der Waals surface area contributed by atoms with Crippen LogP contribution < -0.4 is 10.1 Å². The molecule has 1 unspecified atom stereocenters. The highest BCUT2D eigenvalue weighted by Crippen LogP contribution is 2.16. The van der Waals surface area contributed by atoms with E-state index in [1.807, 2.05) is 38.1 Å². The van der Waals surface area contributed by atoms with Gasteiger partial charge in [0.15, 0.2) is 0 Å². The van der Waals surface area contributed by atoms with Crippen molar-refractivity contribution in [3.8, 4) is 5.75 Å². The molecule has 0 saturated carbocycles. The number of carbonyl (C=O) groups is 2. The Morgan fingerprint density at radius 2 is 2.05 bits per heavy atom. The number of nitrogens with one attached hydrogen (secondary N) is 1. The van der Waals surface area contributed by atoms with Crippen LogP contribution in [-0.4, -0.2) is 36.0 Å². The topological polar surface area (TPSA) is 58.6 Å². The zero-order valence-corrected chi connectivity index (χ0v) is 11.9. The number of rotatable bonds is 6. The van der Waals surface area contributed by atoms with E-state index in [0.717, 1.165) is 17.7 Å². The number of amides is 3. The van der Waals surface area contributed by atoms with Gasteiger partial charge in [0.25, 0.3) is 5.91 Å². The zero-order valence-electron chi connectivity index (χ0n) is 11.9. The normalized spacial score (nSPS) is 18.3. The van der Waals surface area contributed by atoms with Gasteiger partial charge in [0.05, 0.1) is 6.54 Å². The molecule has 0 aliphatic carbocycles. The first-order valence-electron chi connectivity index (χ1n) is 6.93. The fourth-order valence-electron chi connectivity index (χ4n) is 2.24. The summed E-state index contributed by atoms with van der Waals surface area (Å²) in [6.07, 6.45) is 1.55. The van der Waals surface area contributed by atoms with E-state index in [2.05, 4.69) is 5.32 Å². The summed E-state index contributed by atoms with van der Waals surface area (Å²) in [7, 11) is 0. The van der Waals surface area contributed by atoms with E-state index in [-0.39, 0.29) is 24.5 Å². The van der Waals surface area contributed by atoms with Crippen LogP contribution in [0.25, 0.3) is 0 Å². The van der Waals surface area contributed by atoms with Crippen LogP contribution in [0.15, 0.2) is 24.3 Å². The number of nitrogens with zero attached hydrogens (tertiary/aromatic N) is 1. The van der Waals surface area contributed by atoms with Gasteiger partial charge in [0.2, 0.25) is 0 Å². The summed E-state index contributed by atoms with van der Waals surface area (Å²) in [5.41, 5.74) is 1.04. The highest BCUT2D eigenvalue weighted by molar-refractivity contribution is 6.04. The summed E-state index contributed by atoms with van der Waals surface area (Å²) < 4.78 is 5.62. The average molecular weight is 276 g/mol. The maximum Gasteiger partial charge on any atom is 0.324 e. The SMILES string of the molecule is CCCC1NC(=O)N(CCOc2ccccc2C)C1=O. The van der Waals surface area contributed by atoms with Gasteiger partial charge >= 0.3 is 6.03 Å². The molecular formula is C15H20N2O3. The summed E-state index contributed by atoms with van der Waals surface area (Å²) in [5, 5.41) is 2.70. The molecule has 0 radical (unpaired) electrons. The van der Waals surface area contributed by atoms with Crippen molar-refractivity contribution in [3.63, 3.8) is 0 Å². The Bertz CT molecular complexity index is 502. The molecule has 1 saturated heterocycles. The molecule has 1 fully saturated rings. The van der Waals surface area contributed by atoms with Crippen LogP contribution in [0.2, 0.25) is 0 Å². The van der Waals surface area contributed by atoms with Crippen molar-refractivity contribution in [2.45, 2.75) is 32.7 Å². The van der Waals surface area contributed by atoms with E-state index >= 15 is 0 Å². The van der Waals surface area contributed by atoms with E-state index in [0.29, 0.717) is 13.0 Å². The first-order chi connectivity index (χ1) is 9.63. The molecule has 1 atom stereocenters. The van der Waals surface area contributed by atoms with Gasteiger partial charge in [-0.05, 0) is 25.0 Å². The van der Waals surface area contributed by atoms with Gasteiger partial charge in [-0.25, -0.2) is 4.79 Å². The summed E-state index contributed by atoms with van der Waals surface area (Å²) >= 11 is 0. The van der Waals surface area contributed by atoms with Gasteiger partial charge in [-0.2, -0.15) is 0 Å². The molecule has 108 valence electrons. The molecule has 1 aliphatic rings. The number of para-hydroxylation sites is 1. The monoisotopic (exact) mass is 276 g/mol. The quantitative estimate of drug-likeness (QED) is 0.809. The second-order valence-corrected chi connectivity index (χ2v) is 4.89. The second kappa shape index (κ2) is 6.41. The lowest BCUT2D eigenvalue weighted by Crippen LogP contribution is -2.35. The summed E-state index contributed by atoms with van der Waals surface area (Å²) in [6.45, 7) is 4.53. The molecule has 1 aliphatic heterocycles. The molecule has 1 heterocycles. The lowest BCUT2D eigenvalue weighted by molar-refractivity contribution is -0.127. The Morgan fingerprint density at radius 3 is 2.75 bits per heavy atom. The van der Waals surface area contributed by atoms with Crippen LogP contribution in [0.3, 0.4) is 0 Å². The Morgan fingerprint density at radius 1 is 1.30 bits per heavy atom. The predicted octanol–water partition coefficient (Wildman–Crippen LogP) is 2.09. The largest absolute Gasteiger partial charge is 0.491 e. The fourth-order valence-corrected chi connectivity index (χ4v) is 2.24. The maximum atomic E-state index is 12.0. The Balaban J connectivity index is 1.87. The first-order valence-corrected chi connectivity index (χ1v) is 6.93. The fraction of sp³-hybridized carbons (Fsp3) is 0.467. The third-order valence-corrected chi connectivity index (χ3v) is 3.35. The number of ether oxygens (including phenoxy) is 1. The van der Waals surface area contributed by atoms with Gasteiger partial charge in [0.1, 0.15) is 18.4 Å². The van der Waals surface area contributed by atoms with Crippen LogP contribution in [0.1, 0.15) is 25.3 Å². The molecule has 5 nitrogen and oxygen atoms in total. The van der Waals surface area contributed by atoms with Crippen molar-refractivity contribution >= 4 is 11.9 Å². The van der Waals surface area contributed by atoms with E-state index < -0.39 is 0 Å². The summed E-state index contributed by atoms with van der Waals surface area (Å²) in [6, 6.07) is 6.98. The number of aryl methyl sites for hydroxylation is 1. The number of hydrogen-bond acceptors (Lipinski definition) is 3. The summed E-state index contributed by atoms with van der Waals surface area (Å²) in [5.74, 6) is 0.634. The minimum absolute atomic E-state index is 0.148. The first kappa shape index (κ1) is 14.4. The van der Waals surface area contributed by atoms with Gasteiger partial charge in [0, 0.05) is 0 Å². The minimum Gasteiger partial charge on any atom is -0.491 e. The van der Waals surface area contributed by atoms with Gasteiger partial charge in [-0.3, -0.25) is 9.69 Å². The number of hydrogen-bond donors (Lipinski definition) is 1. The molecule has 20 heavy (non-hydrogen) atoms. The molecule has 1 aromatic carbocycles. The van der Waals surface area contributed by atoms with Crippen molar-refractivity contribution in [2.24, 2.45) is 0 Å². The third kappa shape index (κ3) is 3.10. The molecular weight excluding hydrogens is 256 g/mol. The standard InChI is InChI=1S/C15H20N2O3/c1-3-6-12-14(18)17(15(19)16-12)9-10-20-13-8-5-4-7-11(13)2/h4-5,7-8,12H,3,6,9-10H2,1-2H3,(H,16,19). The van der Waals surface area contributed by atoms with E-state index in [9.17, 15) is 9.59 Å². The minimum atomic E-state index is -0.369. The number of carbonyl (C=O) groups excluding carboxylic acids is 2. The van der Waals surface area contributed by atoms with Crippen molar-refractivity contribution in [2.75, 3.05) is 13.2 Å². The maximum absolute atomic E-state index is 12.0. The molecule has 0 spiro atoms. The van der Waals surface area contributed by atoms with Crippen LogP contribution in [0, 0.1) is 6.92 Å². The number of urea groups is 1. The number of imide groups is 1. The van der Waals surface area contributed by atoms with Gasteiger partial charge in [-0.15, -0.1) is 0 Å². The van der Waals surface area contributed by atoms with E-state index in [1.165, 1.54) is 4.90 Å². The van der Waals surface area contributed by atoms with E-state index in [4.69, 9.17) is 4.74 Å². The van der Waals surface area contributed by atoms with Crippen LogP contribution in [0.5, 0.6) is 5.75 Å². The lowest BCUT2D eigenvalue weighted by Gasteiger charge is -2.14. The average Bonchev–Trinajstić information content (AvgIpc) is 2.69. The predicted molar refractivity (Wildman–Crippen MR) is 75.6 cm³/mol. The van der Waals surface area contributed by atoms with E-state index in [1.54, 1.807) is 0 Å². The molecule has 1 aromatic rings. The molecule has 0 bridgehead atoms. The van der Waals surface area contributed by atoms with Crippen LogP contribution in [0.4, 0.5) is 4.79 Å².